The summed E-state index contributed by atoms with van der Waals surface area (Å²) in [5.41, 5.74) is 1.99. The van der Waals surface area contributed by atoms with Gasteiger partial charge in [-0.15, -0.1) is 12.4 Å². The molecule has 14 heavy (non-hydrogen) atoms. The highest BCUT2D eigenvalue weighted by Gasteiger charge is 1.99. The first-order valence-electron chi connectivity index (χ1n) is 4.04. The first-order valence-corrected chi connectivity index (χ1v) is 4.04. The largest absolute Gasteiger partial charge is 0.508 e. The van der Waals surface area contributed by atoms with Crippen LogP contribution >= 0.6 is 12.4 Å². The molecule has 2 aromatic rings. The summed E-state index contributed by atoms with van der Waals surface area (Å²) in [6, 6.07) is 7.13. The second kappa shape index (κ2) is 4.15. The molecule has 0 saturated carbocycles. The number of hydrogen-bond acceptors (Lipinski definition) is 2. The first kappa shape index (κ1) is 10.6. The van der Waals surface area contributed by atoms with E-state index in [0.29, 0.717) is 0 Å². The summed E-state index contributed by atoms with van der Waals surface area (Å²) in [6.45, 7) is 0. The van der Waals surface area contributed by atoms with Crippen molar-refractivity contribution in [1.82, 2.24) is 9.78 Å². The van der Waals surface area contributed by atoms with Crippen LogP contribution < -0.4 is 0 Å². The highest BCUT2D eigenvalue weighted by molar-refractivity contribution is 5.85. The van der Waals surface area contributed by atoms with E-state index in [4.69, 9.17) is 0 Å². The molecule has 0 aliphatic carbocycles. The van der Waals surface area contributed by atoms with Crippen LogP contribution in [0.15, 0.2) is 36.7 Å². The minimum Gasteiger partial charge on any atom is -0.508 e. The number of rotatable bonds is 1. The molecule has 1 aromatic heterocycles. The number of hydrogen-bond donors (Lipinski definition) is 1. The van der Waals surface area contributed by atoms with Gasteiger partial charge >= 0.3 is 0 Å². The van der Waals surface area contributed by atoms with Crippen LogP contribution in [0, 0.1) is 0 Å². The number of phenols is 1. The van der Waals surface area contributed by atoms with Gasteiger partial charge in [0, 0.05) is 18.8 Å². The maximum absolute atomic E-state index is 9.25. The second-order valence-corrected chi connectivity index (χ2v) is 2.95. The molecule has 1 heterocycles. The molecule has 2 rings (SSSR count). The lowest BCUT2D eigenvalue weighted by Gasteiger charge is -1.96. The van der Waals surface area contributed by atoms with Crippen molar-refractivity contribution in [2.75, 3.05) is 0 Å². The standard InChI is InChI=1S/C10H10N2O.ClH/c1-12-7-9(6-11-12)8-3-2-4-10(13)5-8;/h2-7,13H,1H3;1H. The summed E-state index contributed by atoms with van der Waals surface area (Å²) in [7, 11) is 1.87. The maximum atomic E-state index is 9.25. The van der Waals surface area contributed by atoms with Crippen molar-refractivity contribution < 1.29 is 5.11 Å². The lowest BCUT2D eigenvalue weighted by molar-refractivity contribution is 0.475. The molecule has 3 nitrogen and oxygen atoms in total. The van der Waals surface area contributed by atoms with Crippen LogP contribution in [0.3, 0.4) is 0 Å². The SMILES string of the molecule is Cl.Cn1cc(-c2cccc(O)c2)cn1. The van der Waals surface area contributed by atoms with Crippen molar-refractivity contribution >= 4 is 12.4 Å². The minimum atomic E-state index is 0. The Labute approximate surface area is 88.4 Å². The Morgan fingerprint density at radius 1 is 1.29 bits per heavy atom. The highest BCUT2D eigenvalue weighted by atomic mass is 35.5. The number of nitrogens with zero attached hydrogens (tertiary/aromatic N) is 2. The lowest BCUT2D eigenvalue weighted by Crippen LogP contribution is -1.84. The summed E-state index contributed by atoms with van der Waals surface area (Å²) >= 11 is 0. The van der Waals surface area contributed by atoms with Gasteiger partial charge in [0.25, 0.3) is 0 Å². The van der Waals surface area contributed by atoms with E-state index >= 15 is 0 Å². The fraction of sp³-hybridized carbons (Fsp3) is 0.100. The fourth-order valence-corrected chi connectivity index (χ4v) is 1.26. The second-order valence-electron chi connectivity index (χ2n) is 2.95. The molecule has 0 atom stereocenters. The Kier molecular flexibility index (Phi) is 3.14. The molecule has 0 spiro atoms. The minimum absolute atomic E-state index is 0. The van der Waals surface area contributed by atoms with Gasteiger partial charge in [-0.1, -0.05) is 12.1 Å². The third-order valence-corrected chi connectivity index (χ3v) is 1.88. The molecule has 0 aliphatic rings. The lowest BCUT2D eigenvalue weighted by atomic mass is 10.1. The van der Waals surface area contributed by atoms with E-state index in [1.165, 1.54) is 0 Å². The molecule has 1 aromatic carbocycles. The first-order chi connectivity index (χ1) is 6.25. The number of aryl methyl sites for hydroxylation is 1. The van der Waals surface area contributed by atoms with Crippen molar-refractivity contribution in [3.8, 4) is 16.9 Å². The zero-order valence-electron chi connectivity index (χ0n) is 7.71. The Morgan fingerprint density at radius 2 is 2.07 bits per heavy atom. The molecule has 0 amide bonds. The zero-order chi connectivity index (χ0) is 9.26. The molecular formula is C10H11ClN2O. The van der Waals surface area contributed by atoms with Gasteiger partial charge in [-0.2, -0.15) is 5.10 Å². The van der Waals surface area contributed by atoms with Gasteiger partial charge in [-0.05, 0) is 17.7 Å². The van der Waals surface area contributed by atoms with Crippen LogP contribution in [0.25, 0.3) is 11.1 Å². The predicted octanol–water partition coefficient (Wildman–Crippen LogP) is 2.21. The van der Waals surface area contributed by atoms with E-state index in [1.54, 1.807) is 23.0 Å². The number of aromatic hydroxyl groups is 1. The average Bonchev–Trinajstić information content (AvgIpc) is 2.52. The Bertz CT molecular complexity index is 426. The van der Waals surface area contributed by atoms with Crippen LogP contribution in [0.1, 0.15) is 0 Å². The summed E-state index contributed by atoms with van der Waals surface area (Å²) in [6.07, 6.45) is 3.68. The van der Waals surface area contributed by atoms with E-state index in [9.17, 15) is 5.11 Å². The van der Waals surface area contributed by atoms with Crippen LogP contribution in [-0.2, 0) is 7.05 Å². The molecule has 0 unspecified atom stereocenters. The van der Waals surface area contributed by atoms with Gasteiger partial charge in [0.05, 0.1) is 6.20 Å². The summed E-state index contributed by atoms with van der Waals surface area (Å²) in [5.74, 6) is 0.279. The van der Waals surface area contributed by atoms with Crippen LogP contribution in [0.4, 0.5) is 0 Å². The Morgan fingerprint density at radius 3 is 2.64 bits per heavy atom. The average molecular weight is 211 g/mol. The Balaban J connectivity index is 0.000000980. The van der Waals surface area contributed by atoms with Crippen LogP contribution in [-0.4, -0.2) is 14.9 Å². The third kappa shape index (κ3) is 2.06. The van der Waals surface area contributed by atoms with E-state index in [2.05, 4.69) is 5.10 Å². The smallest absolute Gasteiger partial charge is 0.116 e. The number of phenolic OH excluding ortho intramolecular Hbond substituents is 1. The molecule has 4 heteroatoms. The molecule has 1 N–H and O–H groups in total. The molecule has 74 valence electrons. The Hall–Kier alpha value is -1.48. The monoisotopic (exact) mass is 210 g/mol. The highest BCUT2D eigenvalue weighted by Crippen LogP contribution is 2.21. The topological polar surface area (TPSA) is 38.0 Å². The van der Waals surface area contributed by atoms with Gasteiger partial charge in [0.15, 0.2) is 0 Å². The third-order valence-electron chi connectivity index (χ3n) is 1.88. The van der Waals surface area contributed by atoms with Gasteiger partial charge in [-0.3, -0.25) is 4.68 Å². The summed E-state index contributed by atoms with van der Waals surface area (Å²) in [4.78, 5) is 0. The summed E-state index contributed by atoms with van der Waals surface area (Å²) < 4.78 is 1.74. The van der Waals surface area contributed by atoms with Crippen molar-refractivity contribution in [3.05, 3.63) is 36.7 Å². The normalized spacial score (nSPS) is 9.50. The van der Waals surface area contributed by atoms with Gasteiger partial charge < -0.3 is 5.11 Å². The van der Waals surface area contributed by atoms with Gasteiger partial charge in [-0.25, -0.2) is 0 Å². The maximum Gasteiger partial charge on any atom is 0.116 e. The molecule has 0 bridgehead atoms. The number of aromatic nitrogens is 2. The zero-order valence-corrected chi connectivity index (χ0v) is 8.53. The molecule has 0 fully saturated rings. The van der Waals surface area contributed by atoms with Gasteiger partial charge in [0.1, 0.15) is 5.75 Å². The fourth-order valence-electron chi connectivity index (χ4n) is 1.26. The molecule has 0 saturated heterocycles. The van der Waals surface area contributed by atoms with Crippen molar-refractivity contribution in [2.24, 2.45) is 7.05 Å². The molecular weight excluding hydrogens is 200 g/mol. The van der Waals surface area contributed by atoms with E-state index in [1.807, 2.05) is 25.4 Å². The summed E-state index contributed by atoms with van der Waals surface area (Å²) in [5, 5.41) is 13.3. The molecule has 0 radical (unpaired) electrons. The van der Waals surface area contributed by atoms with E-state index in [0.717, 1.165) is 11.1 Å². The van der Waals surface area contributed by atoms with Crippen molar-refractivity contribution in [3.63, 3.8) is 0 Å². The van der Waals surface area contributed by atoms with E-state index < -0.39 is 0 Å². The quantitative estimate of drug-likeness (QED) is 0.784. The van der Waals surface area contributed by atoms with Crippen LogP contribution in [0.5, 0.6) is 5.75 Å². The van der Waals surface area contributed by atoms with Gasteiger partial charge in [0.2, 0.25) is 0 Å². The van der Waals surface area contributed by atoms with Crippen molar-refractivity contribution in [2.45, 2.75) is 0 Å². The van der Waals surface area contributed by atoms with Crippen molar-refractivity contribution in [1.29, 1.82) is 0 Å². The number of benzene rings is 1. The predicted molar refractivity (Wildman–Crippen MR) is 57.6 cm³/mol. The number of halogens is 1. The molecule has 0 aliphatic heterocycles. The van der Waals surface area contributed by atoms with E-state index in [-0.39, 0.29) is 18.2 Å². The van der Waals surface area contributed by atoms with Crippen LogP contribution in [0.2, 0.25) is 0 Å².